The third-order valence-electron chi connectivity index (χ3n) is 3.33. The van der Waals surface area contributed by atoms with Gasteiger partial charge < -0.3 is 9.72 Å². The van der Waals surface area contributed by atoms with E-state index in [1.165, 1.54) is 24.3 Å². The van der Waals surface area contributed by atoms with Crippen LogP contribution < -0.4 is 16.0 Å². The molecule has 2 aromatic heterocycles. The van der Waals surface area contributed by atoms with Gasteiger partial charge in [0.15, 0.2) is 0 Å². The van der Waals surface area contributed by atoms with Crippen molar-refractivity contribution in [2.24, 2.45) is 0 Å². The Kier molecular flexibility index (Phi) is 5.27. The lowest BCUT2D eigenvalue weighted by atomic mass is 10.2. The molecule has 0 aliphatic heterocycles. The molecule has 12 heteroatoms. The van der Waals surface area contributed by atoms with Gasteiger partial charge in [-0.3, -0.25) is 19.9 Å². The molecule has 0 atom stereocenters. The molecular weight excluding hydrogens is 397 g/mol. The van der Waals surface area contributed by atoms with E-state index in [9.17, 15) is 24.1 Å². The van der Waals surface area contributed by atoms with Crippen LogP contribution in [0.1, 0.15) is 11.3 Å². The highest BCUT2D eigenvalue weighted by Crippen LogP contribution is 2.24. The summed E-state index contributed by atoms with van der Waals surface area (Å²) in [6.45, 7) is 0. The fraction of sp³-hybridized carbons (Fsp3) is 0. The van der Waals surface area contributed by atoms with Crippen molar-refractivity contribution in [2.75, 3.05) is 0 Å². The molecule has 0 saturated carbocycles. The van der Waals surface area contributed by atoms with Crippen molar-refractivity contribution in [2.45, 2.75) is 0 Å². The van der Waals surface area contributed by atoms with Crippen molar-refractivity contribution in [1.82, 2.24) is 19.9 Å². The van der Waals surface area contributed by atoms with Gasteiger partial charge in [-0.2, -0.15) is 9.37 Å². The number of nitro groups is 1. The Hall–Kier alpha value is -3.86. The molecule has 28 heavy (non-hydrogen) atoms. The van der Waals surface area contributed by atoms with Gasteiger partial charge in [0, 0.05) is 0 Å². The average molecular weight is 406 g/mol. The smallest absolute Gasteiger partial charge is 0.357 e. The lowest BCUT2D eigenvalue weighted by Crippen LogP contribution is -2.25. The van der Waals surface area contributed by atoms with Gasteiger partial charge in [-0.05, 0) is 35.4 Å². The Labute approximate surface area is 159 Å². The predicted octanol–water partition coefficient (Wildman–Crippen LogP) is 2.52. The highest BCUT2D eigenvalue weighted by Gasteiger charge is 2.18. The van der Waals surface area contributed by atoms with Gasteiger partial charge in [0.25, 0.3) is 5.88 Å². The van der Waals surface area contributed by atoms with E-state index in [0.29, 0.717) is 5.56 Å². The van der Waals surface area contributed by atoms with Crippen molar-refractivity contribution in [3.05, 3.63) is 83.8 Å². The van der Waals surface area contributed by atoms with E-state index in [1.807, 2.05) is 0 Å². The number of nitrogens with zero attached hydrogens (tertiary/aromatic N) is 3. The zero-order valence-corrected chi connectivity index (χ0v) is 14.4. The van der Waals surface area contributed by atoms with Crippen molar-refractivity contribution < 1.29 is 14.1 Å². The minimum Gasteiger partial charge on any atom is -0.436 e. The topological polar surface area (TPSA) is 144 Å². The normalized spacial score (nSPS) is 10.9. The van der Waals surface area contributed by atoms with Crippen LogP contribution in [-0.4, -0.2) is 24.9 Å². The van der Waals surface area contributed by atoms with Crippen molar-refractivity contribution >= 4 is 29.4 Å². The van der Waals surface area contributed by atoms with Gasteiger partial charge in [-0.15, -0.1) is 0 Å². The molecule has 0 radical (unpaired) electrons. The van der Waals surface area contributed by atoms with Crippen LogP contribution in [0.25, 0.3) is 12.2 Å². The number of ether oxygens (including phenoxy) is 1. The van der Waals surface area contributed by atoms with E-state index < -0.39 is 27.7 Å². The van der Waals surface area contributed by atoms with Crippen LogP contribution >= 0.6 is 11.6 Å². The number of aromatic amines is 2. The first-order valence-electron chi connectivity index (χ1n) is 7.48. The maximum atomic E-state index is 13.7. The van der Waals surface area contributed by atoms with Crippen LogP contribution in [0, 0.1) is 15.9 Å². The summed E-state index contributed by atoms with van der Waals surface area (Å²) in [6.07, 6.45) is 3.45. The molecule has 0 aliphatic carbocycles. The van der Waals surface area contributed by atoms with E-state index in [2.05, 4.69) is 15.0 Å². The number of halogens is 2. The monoisotopic (exact) mass is 405 g/mol. The fourth-order valence-corrected chi connectivity index (χ4v) is 2.30. The van der Waals surface area contributed by atoms with Gasteiger partial charge in [-0.25, -0.2) is 9.78 Å². The number of aromatic nitrogens is 4. The van der Waals surface area contributed by atoms with Crippen molar-refractivity contribution in [3.63, 3.8) is 0 Å². The van der Waals surface area contributed by atoms with E-state index >= 15 is 0 Å². The van der Waals surface area contributed by atoms with Gasteiger partial charge in [0.2, 0.25) is 11.1 Å². The van der Waals surface area contributed by atoms with Crippen LogP contribution in [0.4, 0.5) is 10.1 Å². The zero-order valence-electron chi connectivity index (χ0n) is 13.7. The quantitative estimate of drug-likeness (QED) is 0.377. The molecule has 0 bridgehead atoms. The molecule has 0 spiro atoms. The maximum Gasteiger partial charge on any atom is 0.357 e. The molecule has 0 fully saturated rings. The van der Waals surface area contributed by atoms with Gasteiger partial charge in [0.05, 0.1) is 11.1 Å². The highest BCUT2D eigenvalue weighted by atomic mass is 35.5. The minimum absolute atomic E-state index is 0.196. The molecule has 0 saturated heterocycles. The van der Waals surface area contributed by atoms with Gasteiger partial charge >= 0.3 is 16.9 Å². The minimum atomic E-state index is -1.12. The number of rotatable bonds is 5. The molecule has 10 nitrogen and oxygen atoms in total. The molecule has 0 amide bonds. The Morgan fingerprint density at radius 2 is 2.04 bits per heavy atom. The summed E-state index contributed by atoms with van der Waals surface area (Å²) in [7, 11) is 0. The number of nitrogens with one attached hydrogen (secondary N) is 2. The van der Waals surface area contributed by atoms with Crippen LogP contribution in [-0.2, 0) is 0 Å². The summed E-state index contributed by atoms with van der Waals surface area (Å²) in [5.41, 5.74) is -2.61. The number of hydrogen-bond acceptors (Lipinski definition) is 7. The first kappa shape index (κ1) is 18.9. The van der Waals surface area contributed by atoms with Gasteiger partial charge in [0.1, 0.15) is 11.4 Å². The lowest BCUT2D eigenvalue weighted by Gasteiger charge is -2.06. The summed E-state index contributed by atoms with van der Waals surface area (Å²) in [5.74, 6) is -0.998. The molecule has 0 unspecified atom stereocenters. The molecule has 142 valence electrons. The van der Waals surface area contributed by atoms with Crippen LogP contribution in [0.15, 0.2) is 40.1 Å². The van der Waals surface area contributed by atoms with E-state index in [-0.39, 0.29) is 22.6 Å². The second-order valence-corrected chi connectivity index (χ2v) is 5.57. The van der Waals surface area contributed by atoms with E-state index in [4.69, 9.17) is 16.3 Å². The maximum absolute atomic E-state index is 13.7. The average Bonchev–Trinajstić information content (AvgIpc) is 2.62. The van der Waals surface area contributed by atoms with E-state index in [1.54, 1.807) is 17.1 Å². The molecular formula is C16H9ClFN5O5. The van der Waals surface area contributed by atoms with Crippen LogP contribution in [0.2, 0.25) is 5.28 Å². The Morgan fingerprint density at radius 3 is 2.79 bits per heavy atom. The second-order valence-electron chi connectivity index (χ2n) is 5.23. The largest absolute Gasteiger partial charge is 0.436 e. The third-order valence-corrected chi connectivity index (χ3v) is 3.51. The first-order valence-corrected chi connectivity index (χ1v) is 7.86. The zero-order chi connectivity index (χ0) is 20.3. The SMILES string of the molecule is O=c1[nH]c(/C=C\c2cccc(Oc3nc(Cl)ncc3F)c2)c([N+](=O)[O-])c(=O)[nH]1. The Bertz CT molecular complexity index is 1210. The summed E-state index contributed by atoms with van der Waals surface area (Å²) in [6, 6.07) is 6.18. The van der Waals surface area contributed by atoms with Gasteiger partial charge in [-0.1, -0.05) is 18.2 Å². The molecule has 3 rings (SSSR count). The molecule has 1 aromatic carbocycles. The lowest BCUT2D eigenvalue weighted by molar-refractivity contribution is -0.386. The summed E-state index contributed by atoms with van der Waals surface area (Å²) < 4.78 is 19.0. The van der Waals surface area contributed by atoms with Crippen LogP contribution in [0.5, 0.6) is 11.6 Å². The molecule has 3 aromatic rings. The predicted molar refractivity (Wildman–Crippen MR) is 96.8 cm³/mol. The Balaban J connectivity index is 1.92. The standard InChI is InChI=1S/C16H9ClFN5O5/c17-15-19-7-10(18)14(22-15)28-9-3-1-2-8(6-9)4-5-11-12(23(26)27)13(24)21-16(25)20-11/h1-7H,(H2,20,21,24,25)/b5-4-. The molecule has 2 heterocycles. The fourth-order valence-electron chi connectivity index (χ4n) is 2.17. The number of H-pyrrole nitrogens is 2. The first-order chi connectivity index (χ1) is 13.3. The Morgan fingerprint density at radius 1 is 1.25 bits per heavy atom. The summed E-state index contributed by atoms with van der Waals surface area (Å²) in [5, 5.41) is 10.8. The number of hydrogen-bond donors (Lipinski definition) is 2. The van der Waals surface area contributed by atoms with Crippen LogP contribution in [0.3, 0.4) is 0 Å². The van der Waals surface area contributed by atoms with Crippen molar-refractivity contribution in [3.8, 4) is 11.6 Å². The van der Waals surface area contributed by atoms with Crippen molar-refractivity contribution in [1.29, 1.82) is 0 Å². The number of benzene rings is 1. The molecule has 0 aliphatic rings. The molecule has 2 N–H and O–H groups in total. The third kappa shape index (κ3) is 4.27. The second kappa shape index (κ2) is 7.80. The van der Waals surface area contributed by atoms with E-state index in [0.717, 1.165) is 6.20 Å². The highest BCUT2D eigenvalue weighted by molar-refractivity contribution is 6.28. The summed E-state index contributed by atoms with van der Waals surface area (Å²) >= 11 is 5.61. The summed E-state index contributed by atoms with van der Waals surface area (Å²) in [4.78, 5) is 44.2.